The van der Waals surface area contributed by atoms with Crippen LogP contribution in [0.5, 0.6) is 0 Å². The molecule has 1 aromatic carbocycles. The predicted molar refractivity (Wildman–Crippen MR) is 106 cm³/mol. The molecule has 1 aliphatic heterocycles. The van der Waals surface area contributed by atoms with Gasteiger partial charge in [-0.1, -0.05) is 75.7 Å². The lowest BCUT2D eigenvalue weighted by Gasteiger charge is -2.34. The summed E-state index contributed by atoms with van der Waals surface area (Å²) in [5.41, 5.74) is 0.102. The van der Waals surface area contributed by atoms with Crippen LogP contribution in [0.15, 0.2) is 28.3 Å². The van der Waals surface area contributed by atoms with Gasteiger partial charge in [0.2, 0.25) is 11.8 Å². The molecule has 1 saturated heterocycles. The summed E-state index contributed by atoms with van der Waals surface area (Å²) >= 11 is 50.7. The summed E-state index contributed by atoms with van der Waals surface area (Å²) in [4.78, 5) is 23.5. The highest BCUT2D eigenvalue weighted by Gasteiger charge is 2.87. The van der Waals surface area contributed by atoms with Crippen LogP contribution in [0.2, 0.25) is 10.0 Å². The number of benzene rings is 1. The van der Waals surface area contributed by atoms with Gasteiger partial charge in [-0.2, -0.15) is 0 Å². The fraction of sp³-hybridized carbons (Fsp3) is 0.333. The lowest BCUT2D eigenvalue weighted by molar-refractivity contribution is -0.123. The molecule has 3 aliphatic rings. The Morgan fingerprint density at radius 3 is 1.73 bits per heavy atom. The maximum atomic E-state index is 13.2. The van der Waals surface area contributed by atoms with Gasteiger partial charge < -0.3 is 0 Å². The van der Waals surface area contributed by atoms with E-state index in [0.717, 1.165) is 4.90 Å². The van der Waals surface area contributed by atoms with Crippen molar-refractivity contribution >= 4 is 110 Å². The predicted octanol–water partition coefficient (Wildman–Crippen LogP) is 5.94. The Labute approximate surface area is 188 Å². The molecule has 2 bridgehead atoms. The van der Waals surface area contributed by atoms with Crippen molar-refractivity contribution in [2.45, 2.75) is 14.1 Å². The Morgan fingerprint density at radius 2 is 1.27 bits per heavy atom. The second kappa shape index (κ2) is 5.73. The number of amides is 2. The van der Waals surface area contributed by atoms with E-state index in [1.807, 2.05) is 0 Å². The summed E-state index contributed by atoms with van der Waals surface area (Å²) in [5, 5.41) is -0.0997. The Kier molecular flexibility index (Phi) is 4.35. The summed E-state index contributed by atoms with van der Waals surface area (Å²) in [7, 11) is 0. The molecule has 0 radical (unpaired) electrons. The zero-order valence-corrected chi connectivity index (χ0v) is 18.2. The number of hydrogen-bond acceptors (Lipinski definition) is 2. The van der Waals surface area contributed by atoms with Gasteiger partial charge in [0.15, 0.2) is 4.33 Å². The Hall–Kier alpha value is 0.420. The van der Waals surface area contributed by atoms with E-state index in [9.17, 15) is 9.59 Å². The second-order valence-corrected chi connectivity index (χ2v) is 10.2. The average Bonchev–Trinajstić information content (AvgIpc) is 2.95. The number of alkyl halides is 4. The number of nitrogens with zero attached hydrogens (tertiary/aromatic N) is 1. The molecule has 2 amide bonds. The van der Waals surface area contributed by atoms with Crippen molar-refractivity contribution in [3.05, 3.63) is 38.3 Å². The number of allylic oxidation sites excluding steroid dienone is 2. The van der Waals surface area contributed by atoms with Crippen molar-refractivity contribution in [3.8, 4) is 0 Å². The van der Waals surface area contributed by atoms with Crippen LogP contribution in [0.25, 0.3) is 0 Å². The molecular weight excluding hydrogens is 510 g/mol. The minimum Gasteiger partial charge on any atom is -0.274 e. The SMILES string of the molecule is O=C1[C@H]2[C@H](C(=O)N1c1cccc(Cl)c1Cl)[C@]1(Cl)C(Cl)=C(Cl)[C@]2(Cl)C1(Cl)Cl. The number of carbonyl (C=O) groups is 2. The van der Waals surface area contributed by atoms with E-state index in [0.29, 0.717) is 0 Å². The fourth-order valence-corrected chi connectivity index (χ4v) is 7.21. The molecule has 1 heterocycles. The molecule has 2 fully saturated rings. The van der Waals surface area contributed by atoms with Gasteiger partial charge in [-0.05, 0) is 12.1 Å². The van der Waals surface area contributed by atoms with Crippen LogP contribution >= 0.6 is 92.8 Å². The number of rotatable bonds is 1. The Bertz CT molecular complexity index is 884. The summed E-state index contributed by atoms with van der Waals surface area (Å²) in [6, 6.07) is 4.54. The van der Waals surface area contributed by atoms with E-state index >= 15 is 0 Å². The summed E-state index contributed by atoms with van der Waals surface area (Å²) in [6.07, 6.45) is 0. The minimum atomic E-state index is -1.97. The van der Waals surface area contributed by atoms with Gasteiger partial charge in [0.25, 0.3) is 0 Å². The molecule has 0 aromatic heterocycles. The molecule has 0 spiro atoms. The number of hydrogen-bond donors (Lipinski definition) is 0. The van der Waals surface area contributed by atoms with Crippen LogP contribution in [0.4, 0.5) is 5.69 Å². The van der Waals surface area contributed by atoms with Gasteiger partial charge in [0.1, 0.15) is 9.75 Å². The Morgan fingerprint density at radius 1 is 0.808 bits per heavy atom. The first kappa shape index (κ1) is 19.7. The highest BCUT2D eigenvalue weighted by atomic mass is 35.5. The number of carbonyl (C=O) groups excluding carboxylic acids is 2. The molecule has 3 nitrogen and oxygen atoms in total. The Balaban J connectivity index is 1.94. The lowest BCUT2D eigenvalue weighted by Crippen LogP contribution is -2.50. The van der Waals surface area contributed by atoms with E-state index in [-0.39, 0.29) is 25.8 Å². The van der Waals surface area contributed by atoms with Crippen molar-refractivity contribution in [3.63, 3.8) is 0 Å². The van der Waals surface area contributed by atoms with E-state index in [2.05, 4.69) is 0 Å². The molecule has 138 valence electrons. The summed E-state index contributed by atoms with van der Waals surface area (Å²) < 4.78 is -1.97. The van der Waals surface area contributed by atoms with E-state index < -0.39 is 37.7 Å². The molecular formula is C15H5Cl8NO2. The van der Waals surface area contributed by atoms with Gasteiger partial charge in [-0.3, -0.25) is 9.59 Å². The molecule has 1 aromatic rings. The summed E-state index contributed by atoms with van der Waals surface area (Å²) in [6.45, 7) is 0. The molecule has 11 heteroatoms. The molecule has 4 atom stereocenters. The van der Waals surface area contributed by atoms with Crippen LogP contribution in [-0.4, -0.2) is 25.9 Å². The molecule has 0 N–H and O–H groups in total. The first-order valence-electron chi connectivity index (χ1n) is 7.07. The maximum Gasteiger partial charge on any atom is 0.240 e. The van der Waals surface area contributed by atoms with Gasteiger partial charge >= 0.3 is 0 Å². The third-order valence-electron chi connectivity index (χ3n) is 5.08. The quantitative estimate of drug-likeness (QED) is 0.343. The molecule has 0 unspecified atom stereocenters. The largest absolute Gasteiger partial charge is 0.274 e. The normalized spacial score (nSPS) is 37.8. The second-order valence-electron chi connectivity index (χ2n) is 6.17. The number of halogens is 8. The third kappa shape index (κ3) is 1.88. The van der Waals surface area contributed by atoms with E-state index in [1.165, 1.54) is 12.1 Å². The van der Waals surface area contributed by atoms with E-state index in [1.54, 1.807) is 6.07 Å². The lowest BCUT2D eigenvalue weighted by atomic mass is 9.84. The van der Waals surface area contributed by atoms with Crippen LogP contribution < -0.4 is 4.90 Å². The van der Waals surface area contributed by atoms with Crippen molar-refractivity contribution in [1.29, 1.82) is 0 Å². The van der Waals surface area contributed by atoms with Crippen molar-refractivity contribution in [2.75, 3.05) is 4.90 Å². The first-order valence-corrected chi connectivity index (χ1v) is 10.1. The van der Waals surface area contributed by atoms with Crippen LogP contribution in [0.1, 0.15) is 0 Å². The first-order chi connectivity index (χ1) is 11.9. The standard InChI is InChI=1S/C15H5Cl8NO2/c16-4-2-1-3-5(8(4)17)24-11(25)6-7(12(24)26)14(21)10(19)9(18)13(6,20)15(14,22)23/h1-3,6-7H/t6-,7-,13+,14+/m1/s1. The minimum absolute atomic E-state index is 0.0311. The van der Waals surface area contributed by atoms with Crippen LogP contribution in [0.3, 0.4) is 0 Å². The number of imide groups is 1. The van der Waals surface area contributed by atoms with Gasteiger partial charge in [0.05, 0.1) is 37.6 Å². The average molecular weight is 515 g/mol. The number of anilines is 1. The topological polar surface area (TPSA) is 37.4 Å². The van der Waals surface area contributed by atoms with Crippen molar-refractivity contribution < 1.29 is 9.59 Å². The molecule has 2 aliphatic carbocycles. The van der Waals surface area contributed by atoms with Crippen molar-refractivity contribution in [1.82, 2.24) is 0 Å². The van der Waals surface area contributed by atoms with Gasteiger partial charge in [-0.15, -0.1) is 23.2 Å². The zero-order chi connectivity index (χ0) is 19.4. The monoisotopic (exact) mass is 511 g/mol. The van der Waals surface area contributed by atoms with E-state index in [4.69, 9.17) is 92.8 Å². The highest BCUT2D eigenvalue weighted by Crippen LogP contribution is 2.77. The van der Waals surface area contributed by atoms with Gasteiger partial charge in [-0.25, -0.2) is 4.90 Å². The third-order valence-corrected chi connectivity index (χ3v) is 10.1. The fourth-order valence-electron chi connectivity index (χ4n) is 3.90. The maximum absolute atomic E-state index is 13.2. The van der Waals surface area contributed by atoms with Crippen molar-refractivity contribution in [2.24, 2.45) is 11.8 Å². The molecule has 26 heavy (non-hydrogen) atoms. The highest BCUT2D eigenvalue weighted by molar-refractivity contribution is 6.67. The molecule has 1 saturated carbocycles. The van der Waals surface area contributed by atoms with Crippen LogP contribution in [0, 0.1) is 11.8 Å². The smallest absolute Gasteiger partial charge is 0.240 e. The van der Waals surface area contributed by atoms with Crippen LogP contribution in [-0.2, 0) is 9.59 Å². The summed E-state index contributed by atoms with van der Waals surface area (Å²) in [5.74, 6) is -3.80. The zero-order valence-electron chi connectivity index (χ0n) is 12.2. The number of fused-ring (bicyclic) bond motifs is 5. The molecule has 4 rings (SSSR count). The van der Waals surface area contributed by atoms with Gasteiger partial charge in [0, 0.05) is 0 Å².